The summed E-state index contributed by atoms with van der Waals surface area (Å²) >= 11 is 6.13. The molecule has 162 valence electrons. The zero-order valence-corrected chi connectivity index (χ0v) is 18.4. The summed E-state index contributed by atoms with van der Waals surface area (Å²) in [7, 11) is 5.21. The van der Waals surface area contributed by atoms with Crippen LogP contribution in [0, 0.1) is 0 Å². The van der Waals surface area contributed by atoms with Crippen LogP contribution in [0.2, 0.25) is 5.28 Å². The van der Waals surface area contributed by atoms with Crippen molar-refractivity contribution in [2.45, 2.75) is 0 Å². The molecule has 1 N–H and O–H groups in total. The minimum Gasteiger partial charge on any atom is -0.493 e. The van der Waals surface area contributed by atoms with Gasteiger partial charge in [-0.2, -0.15) is 4.98 Å². The number of hydrogen-bond donors (Lipinski definition) is 1. The number of carbonyl (C=O) groups excluding carboxylic acids is 1. The van der Waals surface area contributed by atoms with Crippen LogP contribution in [0.3, 0.4) is 0 Å². The van der Waals surface area contributed by atoms with E-state index in [1.165, 1.54) is 0 Å². The van der Waals surface area contributed by atoms with Crippen LogP contribution < -0.4 is 14.8 Å². The second kappa shape index (κ2) is 8.95. The third-order valence-corrected chi connectivity index (χ3v) is 5.53. The zero-order chi connectivity index (χ0) is 22.0. The summed E-state index contributed by atoms with van der Waals surface area (Å²) in [4.78, 5) is 25.5. The Morgan fingerprint density at radius 2 is 1.65 bits per heavy atom. The standard InChI is InChI=1S/C22H24ClN5O3/c1-27-8-10-28(11-9-27)21(29)14-4-6-15(7-5-14)24-20-16-12-18(30-2)19(31-3)13-17(16)25-22(23)26-20/h4-7,12-13H,8-11H2,1-3H3,(H,24,25,26). The molecule has 1 saturated heterocycles. The average Bonchev–Trinajstić information content (AvgIpc) is 2.78. The van der Waals surface area contributed by atoms with Gasteiger partial charge in [0.15, 0.2) is 11.5 Å². The lowest BCUT2D eigenvalue weighted by Gasteiger charge is -2.32. The molecule has 3 aromatic rings. The van der Waals surface area contributed by atoms with Gasteiger partial charge in [-0.3, -0.25) is 4.79 Å². The van der Waals surface area contributed by atoms with Crippen LogP contribution in [-0.4, -0.2) is 73.1 Å². The van der Waals surface area contributed by atoms with E-state index in [9.17, 15) is 4.79 Å². The summed E-state index contributed by atoms with van der Waals surface area (Å²) in [6, 6.07) is 10.9. The Balaban J connectivity index is 1.58. The van der Waals surface area contributed by atoms with Gasteiger partial charge in [0.05, 0.1) is 19.7 Å². The molecule has 0 spiro atoms. The molecule has 31 heavy (non-hydrogen) atoms. The highest BCUT2D eigenvalue weighted by molar-refractivity contribution is 6.28. The Kier molecular flexibility index (Phi) is 6.11. The molecule has 2 heterocycles. The van der Waals surface area contributed by atoms with Gasteiger partial charge < -0.3 is 24.6 Å². The van der Waals surface area contributed by atoms with Gasteiger partial charge >= 0.3 is 0 Å². The number of piperazine rings is 1. The molecule has 0 saturated carbocycles. The summed E-state index contributed by atoms with van der Waals surface area (Å²) in [5.41, 5.74) is 2.06. The molecule has 1 aliphatic heterocycles. The number of halogens is 1. The van der Waals surface area contributed by atoms with E-state index in [0.29, 0.717) is 28.4 Å². The predicted octanol–water partition coefficient (Wildman–Crippen LogP) is 3.43. The summed E-state index contributed by atoms with van der Waals surface area (Å²) in [6.07, 6.45) is 0. The monoisotopic (exact) mass is 441 g/mol. The first-order chi connectivity index (χ1) is 15.0. The maximum Gasteiger partial charge on any atom is 0.253 e. The van der Waals surface area contributed by atoms with Gasteiger partial charge in [-0.25, -0.2) is 4.98 Å². The molecule has 0 radical (unpaired) electrons. The summed E-state index contributed by atoms with van der Waals surface area (Å²) < 4.78 is 10.7. The van der Waals surface area contributed by atoms with Crippen LogP contribution in [0.5, 0.6) is 11.5 Å². The maximum atomic E-state index is 12.7. The van der Waals surface area contributed by atoms with Gasteiger partial charge in [0, 0.05) is 48.9 Å². The zero-order valence-electron chi connectivity index (χ0n) is 17.7. The fourth-order valence-electron chi connectivity index (χ4n) is 3.55. The molecule has 4 rings (SSSR count). The van der Waals surface area contributed by atoms with Gasteiger partial charge in [0.2, 0.25) is 5.28 Å². The number of nitrogens with zero attached hydrogens (tertiary/aromatic N) is 4. The van der Waals surface area contributed by atoms with Crippen LogP contribution in [0.25, 0.3) is 10.9 Å². The smallest absolute Gasteiger partial charge is 0.253 e. The maximum absolute atomic E-state index is 12.7. The second-order valence-corrected chi connectivity index (χ2v) is 7.70. The van der Waals surface area contributed by atoms with E-state index in [4.69, 9.17) is 21.1 Å². The lowest BCUT2D eigenvalue weighted by Crippen LogP contribution is -2.47. The lowest BCUT2D eigenvalue weighted by atomic mass is 10.1. The fraction of sp³-hybridized carbons (Fsp3) is 0.318. The van der Waals surface area contributed by atoms with Crippen molar-refractivity contribution in [3.63, 3.8) is 0 Å². The molecule has 1 fully saturated rings. The van der Waals surface area contributed by atoms with E-state index in [2.05, 4.69) is 27.2 Å². The topological polar surface area (TPSA) is 79.8 Å². The Bertz CT molecular complexity index is 1100. The van der Waals surface area contributed by atoms with Gasteiger partial charge in [-0.1, -0.05) is 0 Å². The third-order valence-electron chi connectivity index (χ3n) is 5.36. The fourth-order valence-corrected chi connectivity index (χ4v) is 3.72. The molecule has 0 atom stereocenters. The molecule has 0 bridgehead atoms. The molecule has 1 aliphatic rings. The summed E-state index contributed by atoms with van der Waals surface area (Å²) in [6.45, 7) is 3.26. The molecule has 0 aliphatic carbocycles. The molecule has 8 nitrogen and oxygen atoms in total. The van der Waals surface area contributed by atoms with Crippen molar-refractivity contribution in [2.75, 3.05) is 52.8 Å². The number of methoxy groups -OCH3 is 2. The number of anilines is 2. The molecule has 0 unspecified atom stereocenters. The number of fused-ring (bicyclic) bond motifs is 1. The highest BCUT2D eigenvalue weighted by atomic mass is 35.5. The van der Waals surface area contributed by atoms with E-state index >= 15 is 0 Å². The van der Waals surface area contributed by atoms with Gasteiger partial charge in [-0.15, -0.1) is 0 Å². The molecular weight excluding hydrogens is 418 g/mol. The van der Waals surface area contributed by atoms with E-state index in [0.717, 1.165) is 37.3 Å². The Morgan fingerprint density at radius 1 is 1.00 bits per heavy atom. The van der Waals surface area contributed by atoms with E-state index in [1.54, 1.807) is 26.4 Å². The van der Waals surface area contributed by atoms with Crippen molar-refractivity contribution in [3.05, 3.63) is 47.2 Å². The van der Waals surface area contributed by atoms with E-state index in [-0.39, 0.29) is 11.2 Å². The van der Waals surface area contributed by atoms with E-state index in [1.807, 2.05) is 29.2 Å². The van der Waals surface area contributed by atoms with Crippen LogP contribution >= 0.6 is 11.6 Å². The summed E-state index contributed by atoms with van der Waals surface area (Å²) in [5.74, 6) is 1.71. The number of carbonyl (C=O) groups is 1. The van der Waals surface area contributed by atoms with Crippen molar-refractivity contribution < 1.29 is 14.3 Å². The van der Waals surface area contributed by atoms with Crippen LogP contribution in [-0.2, 0) is 0 Å². The number of rotatable bonds is 5. The number of aromatic nitrogens is 2. The van der Waals surface area contributed by atoms with Crippen LogP contribution in [0.15, 0.2) is 36.4 Å². The number of nitrogens with one attached hydrogen (secondary N) is 1. The average molecular weight is 442 g/mol. The van der Waals surface area contributed by atoms with Crippen molar-refractivity contribution >= 4 is 39.9 Å². The summed E-state index contributed by atoms with van der Waals surface area (Å²) in [5, 5.41) is 4.12. The first-order valence-corrected chi connectivity index (χ1v) is 10.3. The Hall–Kier alpha value is -3.10. The number of benzene rings is 2. The number of ether oxygens (including phenoxy) is 2. The van der Waals surface area contributed by atoms with E-state index < -0.39 is 0 Å². The van der Waals surface area contributed by atoms with Crippen LogP contribution in [0.4, 0.5) is 11.5 Å². The first kappa shape index (κ1) is 21.1. The molecular formula is C22H24ClN5O3. The molecule has 2 aromatic carbocycles. The van der Waals surface area contributed by atoms with Gasteiger partial charge in [0.1, 0.15) is 5.82 Å². The lowest BCUT2D eigenvalue weighted by molar-refractivity contribution is 0.0664. The van der Waals surface area contributed by atoms with Gasteiger partial charge in [-0.05, 0) is 49.0 Å². The molecule has 1 aromatic heterocycles. The van der Waals surface area contributed by atoms with Crippen molar-refractivity contribution in [1.29, 1.82) is 0 Å². The van der Waals surface area contributed by atoms with Crippen molar-refractivity contribution in [1.82, 2.24) is 19.8 Å². The molecule has 9 heteroatoms. The number of hydrogen-bond acceptors (Lipinski definition) is 7. The Labute approximate surface area is 185 Å². The number of amides is 1. The Morgan fingerprint density at radius 3 is 2.29 bits per heavy atom. The quantitative estimate of drug-likeness (QED) is 0.607. The first-order valence-electron chi connectivity index (χ1n) is 9.92. The van der Waals surface area contributed by atoms with Crippen molar-refractivity contribution in [3.8, 4) is 11.5 Å². The SMILES string of the molecule is COc1cc2nc(Cl)nc(Nc3ccc(C(=O)N4CCN(C)CC4)cc3)c2cc1OC. The highest BCUT2D eigenvalue weighted by Gasteiger charge is 2.20. The minimum absolute atomic E-state index is 0.0482. The highest BCUT2D eigenvalue weighted by Crippen LogP contribution is 2.35. The minimum atomic E-state index is 0.0482. The van der Waals surface area contributed by atoms with Crippen LogP contribution in [0.1, 0.15) is 10.4 Å². The predicted molar refractivity (Wildman–Crippen MR) is 121 cm³/mol. The molecule has 1 amide bonds. The second-order valence-electron chi connectivity index (χ2n) is 7.36. The number of likely N-dealkylation sites (N-methyl/N-ethyl adjacent to an activating group) is 1. The largest absolute Gasteiger partial charge is 0.493 e. The normalized spacial score (nSPS) is 14.5. The van der Waals surface area contributed by atoms with Crippen molar-refractivity contribution in [2.24, 2.45) is 0 Å². The third kappa shape index (κ3) is 4.50. The van der Waals surface area contributed by atoms with Gasteiger partial charge in [0.25, 0.3) is 5.91 Å².